The molecule has 8 nitrogen and oxygen atoms in total. The highest BCUT2D eigenvalue weighted by molar-refractivity contribution is 5.92. The zero-order valence-corrected chi connectivity index (χ0v) is 18.6. The quantitative estimate of drug-likeness (QED) is 0.570. The molecule has 5 rings (SSSR count). The Labute approximate surface area is 195 Å². The van der Waals surface area contributed by atoms with Crippen LogP contribution in [-0.2, 0) is 9.59 Å². The molecule has 1 aliphatic carbocycles. The Morgan fingerprint density at radius 3 is 2.26 bits per heavy atom. The molecule has 4 fully saturated rings. The number of likely N-dealkylation sites (tertiary alicyclic amines) is 2. The number of carbonyl (C=O) groups excluding carboxylic acids is 2. The standard InChI is InChI=1S/C23H28F3N5O3/c24-23(25,26)34-18-5-1-14(2-6-18)3-8-21(32)30-10-16-12-31(13-17(16)11-30)22(33)15-4-7-19-20(9-15)28-29-27-19/h1-3,5-6,8,15-17,19-20,27-29H,4,7,9-13H2/b8-3+/t15?,16-,17-,19?,20?/m1/s1. The molecule has 0 bridgehead atoms. The SMILES string of the molecule is O=C(/C=C/c1ccc(OC(F)(F)F)cc1)N1C[C@@H]2CN(C(=O)C3CCC4NNNC4C3)C[C@H]2C1. The predicted molar refractivity (Wildman–Crippen MR) is 117 cm³/mol. The molecule has 4 aliphatic rings. The molecule has 1 saturated carbocycles. The van der Waals surface area contributed by atoms with Gasteiger partial charge >= 0.3 is 6.36 Å². The number of amides is 2. The lowest BCUT2D eigenvalue weighted by atomic mass is 9.82. The normalized spacial score (nSPS) is 31.1. The van der Waals surface area contributed by atoms with Crippen molar-refractivity contribution in [3.8, 4) is 5.75 Å². The number of fused-ring (bicyclic) bond motifs is 2. The summed E-state index contributed by atoms with van der Waals surface area (Å²) in [5.41, 5.74) is 9.95. The Hall–Kier alpha value is -2.63. The second kappa shape index (κ2) is 9.20. The minimum absolute atomic E-state index is 0.0443. The average Bonchev–Trinajstić information content (AvgIpc) is 3.51. The van der Waals surface area contributed by atoms with Crippen LogP contribution in [0.5, 0.6) is 5.75 Å². The van der Waals surface area contributed by atoms with E-state index in [9.17, 15) is 22.8 Å². The minimum Gasteiger partial charge on any atom is -0.406 e. The van der Waals surface area contributed by atoms with Crippen LogP contribution in [0.15, 0.2) is 30.3 Å². The molecule has 2 amide bonds. The van der Waals surface area contributed by atoms with Gasteiger partial charge in [0.1, 0.15) is 5.75 Å². The molecule has 3 aliphatic heterocycles. The third-order valence-corrected chi connectivity index (χ3v) is 7.36. The molecule has 1 aromatic rings. The van der Waals surface area contributed by atoms with Gasteiger partial charge in [0, 0.05) is 62.1 Å². The van der Waals surface area contributed by atoms with E-state index in [1.54, 1.807) is 11.0 Å². The van der Waals surface area contributed by atoms with E-state index in [0.717, 1.165) is 19.3 Å². The maximum atomic E-state index is 13.1. The molecule has 34 heavy (non-hydrogen) atoms. The highest BCUT2D eigenvalue weighted by Crippen LogP contribution is 2.34. The zero-order chi connectivity index (χ0) is 23.9. The average molecular weight is 480 g/mol. The molecule has 184 valence electrons. The zero-order valence-electron chi connectivity index (χ0n) is 18.6. The second-order valence-electron chi connectivity index (χ2n) is 9.59. The third kappa shape index (κ3) is 5.06. The van der Waals surface area contributed by atoms with E-state index in [1.165, 1.54) is 30.3 Å². The smallest absolute Gasteiger partial charge is 0.406 e. The van der Waals surface area contributed by atoms with Gasteiger partial charge in [-0.15, -0.1) is 13.2 Å². The van der Waals surface area contributed by atoms with Crippen LogP contribution in [0.1, 0.15) is 24.8 Å². The largest absolute Gasteiger partial charge is 0.573 e. The van der Waals surface area contributed by atoms with E-state index in [2.05, 4.69) is 21.1 Å². The molecular weight excluding hydrogens is 451 g/mol. The Kier molecular flexibility index (Phi) is 6.26. The van der Waals surface area contributed by atoms with Gasteiger partial charge in [-0.25, -0.2) is 10.9 Å². The first kappa shape index (κ1) is 23.1. The van der Waals surface area contributed by atoms with Crippen LogP contribution in [0.2, 0.25) is 0 Å². The number of halogens is 3. The molecule has 3 N–H and O–H groups in total. The van der Waals surface area contributed by atoms with Crippen molar-refractivity contribution in [1.29, 1.82) is 0 Å². The number of rotatable bonds is 4. The van der Waals surface area contributed by atoms with Gasteiger partial charge in [0.25, 0.3) is 0 Å². The van der Waals surface area contributed by atoms with Gasteiger partial charge < -0.3 is 14.5 Å². The first-order valence-corrected chi connectivity index (χ1v) is 11.6. The first-order valence-electron chi connectivity index (χ1n) is 11.6. The summed E-state index contributed by atoms with van der Waals surface area (Å²) in [4.78, 5) is 29.5. The second-order valence-corrected chi connectivity index (χ2v) is 9.59. The van der Waals surface area contributed by atoms with Gasteiger partial charge in [-0.1, -0.05) is 12.1 Å². The monoisotopic (exact) mass is 479 g/mol. The summed E-state index contributed by atoms with van der Waals surface area (Å²) in [7, 11) is 0. The van der Waals surface area contributed by atoms with E-state index < -0.39 is 6.36 Å². The maximum Gasteiger partial charge on any atom is 0.573 e. The topological polar surface area (TPSA) is 85.9 Å². The lowest BCUT2D eigenvalue weighted by molar-refractivity contribution is -0.274. The van der Waals surface area contributed by atoms with Crippen molar-refractivity contribution < 1.29 is 27.5 Å². The molecular formula is C23H28F3N5O3. The molecule has 5 atom stereocenters. The number of hydrogen-bond acceptors (Lipinski definition) is 6. The van der Waals surface area contributed by atoms with Crippen molar-refractivity contribution in [1.82, 2.24) is 26.2 Å². The van der Waals surface area contributed by atoms with Crippen molar-refractivity contribution >= 4 is 17.9 Å². The van der Waals surface area contributed by atoms with Crippen LogP contribution < -0.4 is 21.1 Å². The van der Waals surface area contributed by atoms with Crippen LogP contribution in [0.4, 0.5) is 13.2 Å². The summed E-state index contributed by atoms with van der Waals surface area (Å²) in [5, 5.41) is 0. The van der Waals surface area contributed by atoms with Crippen molar-refractivity contribution in [2.75, 3.05) is 26.2 Å². The summed E-state index contributed by atoms with van der Waals surface area (Å²) in [5.74, 6) is 0.408. The summed E-state index contributed by atoms with van der Waals surface area (Å²) < 4.78 is 40.6. The Balaban J connectivity index is 1.10. The number of ether oxygens (including phenoxy) is 1. The fraction of sp³-hybridized carbons (Fsp3) is 0.565. The highest BCUT2D eigenvalue weighted by atomic mass is 19.4. The molecule has 3 heterocycles. The van der Waals surface area contributed by atoms with Crippen LogP contribution in [0.25, 0.3) is 6.08 Å². The van der Waals surface area contributed by atoms with Crippen LogP contribution in [0.3, 0.4) is 0 Å². The Morgan fingerprint density at radius 2 is 1.59 bits per heavy atom. The molecule has 3 unspecified atom stereocenters. The fourth-order valence-corrected chi connectivity index (χ4v) is 5.62. The number of hydrazine groups is 2. The summed E-state index contributed by atoms with van der Waals surface area (Å²) in [6.07, 6.45) is 0.978. The fourth-order valence-electron chi connectivity index (χ4n) is 5.62. The molecule has 1 aromatic carbocycles. The lowest BCUT2D eigenvalue weighted by Crippen LogP contribution is -2.45. The number of carbonyl (C=O) groups is 2. The van der Waals surface area contributed by atoms with E-state index >= 15 is 0 Å². The van der Waals surface area contributed by atoms with Crippen LogP contribution >= 0.6 is 0 Å². The number of nitrogens with one attached hydrogen (secondary N) is 3. The van der Waals surface area contributed by atoms with E-state index in [4.69, 9.17) is 0 Å². The lowest BCUT2D eigenvalue weighted by Gasteiger charge is -2.32. The number of alkyl halides is 3. The molecule has 11 heteroatoms. The van der Waals surface area contributed by atoms with Crippen LogP contribution in [-0.4, -0.2) is 66.2 Å². The van der Waals surface area contributed by atoms with Gasteiger partial charge in [-0.05, 0) is 43.0 Å². The summed E-state index contributed by atoms with van der Waals surface area (Å²) >= 11 is 0. The third-order valence-electron chi connectivity index (χ3n) is 7.36. The predicted octanol–water partition coefficient (Wildman–Crippen LogP) is 1.66. The van der Waals surface area contributed by atoms with Crippen molar-refractivity contribution in [3.63, 3.8) is 0 Å². The highest BCUT2D eigenvalue weighted by Gasteiger charge is 2.45. The molecule has 3 saturated heterocycles. The minimum atomic E-state index is -4.73. The first-order chi connectivity index (χ1) is 16.2. The van der Waals surface area contributed by atoms with Gasteiger partial charge in [-0.3, -0.25) is 9.59 Å². The van der Waals surface area contributed by atoms with Crippen molar-refractivity contribution in [3.05, 3.63) is 35.9 Å². The van der Waals surface area contributed by atoms with Crippen molar-refractivity contribution in [2.45, 2.75) is 37.7 Å². The van der Waals surface area contributed by atoms with Crippen molar-refractivity contribution in [2.24, 2.45) is 17.8 Å². The van der Waals surface area contributed by atoms with Gasteiger partial charge in [-0.2, -0.15) is 5.53 Å². The summed E-state index contributed by atoms with van der Waals surface area (Å²) in [6.45, 7) is 2.60. The number of nitrogens with zero attached hydrogens (tertiary/aromatic N) is 2. The molecule has 0 aromatic heterocycles. The van der Waals surface area contributed by atoms with E-state index in [-0.39, 0.29) is 41.4 Å². The van der Waals surface area contributed by atoms with Crippen LogP contribution in [0, 0.1) is 17.8 Å². The number of hydrogen-bond donors (Lipinski definition) is 3. The maximum absolute atomic E-state index is 13.1. The summed E-state index contributed by atoms with van der Waals surface area (Å²) in [6, 6.07) is 6.01. The molecule has 0 spiro atoms. The van der Waals surface area contributed by atoms with E-state index in [0.29, 0.717) is 37.8 Å². The van der Waals surface area contributed by atoms with Gasteiger partial charge in [0.2, 0.25) is 11.8 Å². The Morgan fingerprint density at radius 1 is 0.941 bits per heavy atom. The van der Waals surface area contributed by atoms with Gasteiger partial charge in [0.05, 0.1) is 0 Å². The number of benzene rings is 1. The van der Waals surface area contributed by atoms with E-state index in [1.807, 2.05) is 4.90 Å². The van der Waals surface area contributed by atoms with Gasteiger partial charge in [0.15, 0.2) is 0 Å². The molecule has 0 radical (unpaired) electrons. The Bertz CT molecular complexity index is 940.